The molecule has 8 nitrogen and oxygen atoms in total. The average Bonchev–Trinajstić information content (AvgIpc) is 2.24. The van der Waals surface area contributed by atoms with E-state index < -0.39 is 0 Å². The highest BCUT2D eigenvalue weighted by molar-refractivity contribution is 5.67. The Morgan fingerprint density at radius 1 is 0.786 bits per heavy atom. The first kappa shape index (κ1) is 10.7. The van der Waals surface area contributed by atoms with Crippen molar-refractivity contribution in [3.05, 3.63) is 24.3 Å². The van der Waals surface area contributed by atoms with Gasteiger partial charge in [-0.05, 0) is 12.1 Å². The number of nitrogens with two attached hydrogens (primary N) is 2. The molecular weight excluding hydrogens is 184 g/mol. The molecule has 0 aliphatic carbocycles. The highest BCUT2D eigenvalue weighted by Gasteiger charge is 1.97. The molecule has 8 heteroatoms. The van der Waals surface area contributed by atoms with Crippen LogP contribution in [-0.2, 0) is 0 Å². The zero-order valence-electron chi connectivity index (χ0n) is 7.46. The third-order valence-electron chi connectivity index (χ3n) is 1.47. The van der Waals surface area contributed by atoms with E-state index in [1.165, 1.54) is 0 Å². The van der Waals surface area contributed by atoms with Crippen LogP contribution in [0.5, 0.6) is 0 Å². The molecule has 0 aliphatic heterocycles. The van der Waals surface area contributed by atoms with Gasteiger partial charge in [0.25, 0.3) is 0 Å². The van der Waals surface area contributed by atoms with Gasteiger partial charge in [0.15, 0.2) is 0 Å². The van der Waals surface area contributed by atoms with Crippen molar-refractivity contribution in [3.8, 4) is 0 Å². The molecule has 0 radical (unpaired) electrons. The number of hydrogen-bond acceptors (Lipinski definition) is 8. The smallest absolute Gasteiger partial charge is 0.0746 e. The van der Waals surface area contributed by atoms with Gasteiger partial charge in [0, 0.05) is 0 Å². The summed E-state index contributed by atoms with van der Waals surface area (Å²) >= 11 is 0. The van der Waals surface area contributed by atoms with E-state index in [0.717, 1.165) is 11.4 Å². The SMILES string of the molecule is NNNNc1ccccc1NNNN. The van der Waals surface area contributed by atoms with E-state index in [9.17, 15) is 0 Å². The molecule has 0 atom stereocenters. The Morgan fingerprint density at radius 2 is 1.21 bits per heavy atom. The Kier molecular flexibility index (Phi) is 4.64. The summed E-state index contributed by atoms with van der Waals surface area (Å²) in [5.41, 5.74) is 16.8. The molecule has 0 bridgehead atoms. The molecule has 1 aromatic carbocycles. The van der Waals surface area contributed by atoms with Gasteiger partial charge in [0.1, 0.15) is 0 Å². The molecule has 0 saturated carbocycles. The number of para-hydroxylation sites is 2. The molecule has 10 N–H and O–H groups in total. The first-order valence-corrected chi connectivity index (χ1v) is 3.90. The molecule has 0 spiro atoms. The topological polar surface area (TPSA) is 124 Å². The molecule has 1 rings (SSSR count). The van der Waals surface area contributed by atoms with Crippen molar-refractivity contribution in [1.82, 2.24) is 22.1 Å². The summed E-state index contributed by atoms with van der Waals surface area (Å²) in [6, 6.07) is 7.46. The second kappa shape index (κ2) is 6.10. The van der Waals surface area contributed by atoms with Gasteiger partial charge in [-0.1, -0.05) is 12.1 Å². The van der Waals surface area contributed by atoms with Gasteiger partial charge in [-0.2, -0.15) is 22.1 Å². The molecule has 0 heterocycles. The molecule has 0 saturated heterocycles. The van der Waals surface area contributed by atoms with Gasteiger partial charge < -0.3 is 10.9 Å². The van der Waals surface area contributed by atoms with Crippen molar-refractivity contribution in [2.75, 3.05) is 10.9 Å². The lowest BCUT2D eigenvalue weighted by molar-refractivity contribution is 0.614. The van der Waals surface area contributed by atoms with E-state index in [-0.39, 0.29) is 0 Å². The normalized spacial score (nSPS) is 9.86. The molecule has 0 fully saturated rings. The third kappa shape index (κ3) is 3.14. The third-order valence-corrected chi connectivity index (χ3v) is 1.47. The average molecular weight is 198 g/mol. The van der Waals surface area contributed by atoms with E-state index in [2.05, 4.69) is 33.0 Å². The van der Waals surface area contributed by atoms with E-state index in [1.54, 1.807) is 0 Å². The zero-order valence-corrected chi connectivity index (χ0v) is 7.46. The van der Waals surface area contributed by atoms with E-state index in [0.29, 0.717) is 0 Å². The summed E-state index contributed by atoms with van der Waals surface area (Å²) in [5.74, 6) is 10.1. The van der Waals surface area contributed by atoms with Crippen LogP contribution in [0.4, 0.5) is 11.4 Å². The molecule has 1 aromatic rings. The summed E-state index contributed by atoms with van der Waals surface area (Å²) < 4.78 is 0. The largest absolute Gasteiger partial charge is 0.305 e. The summed E-state index contributed by atoms with van der Waals surface area (Å²) in [5, 5.41) is 0. The number of anilines is 2. The molecule has 0 aliphatic rings. The van der Waals surface area contributed by atoms with Gasteiger partial charge in [0.2, 0.25) is 0 Å². The lowest BCUT2D eigenvalue weighted by Crippen LogP contribution is -2.43. The monoisotopic (exact) mass is 198 g/mol. The quantitative estimate of drug-likeness (QED) is 0.200. The van der Waals surface area contributed by atoms with Crippen LogP contribution in [0, 0.1) is 0 Å². The predicted molar refractivity (Wildman–Crippen MR) is 54.6 cm³/mol. The second-order valence-corrected chi connectivity index (χ2v) is 2.33. The van der Waals surface area contributed by atoms with Crippen molar-refractivity contribution in [3.63, 3.8) is 0 Å². The lowest BCUT2D eigenvalue weighted by atomic mass is 10.3. The lowest BCUT2D eigenvalue weighted by Gasteiger charge is -2.13. The number of benzene rings is 1. The highest BCUT2D eigenvalue weighted by atomic mass is 15.7. The minimum absolute atomic E-state index is 0.799. The molecule has 14 heavy (non-hydrogen) atoms. The van der Waals surface area contributed by atoms with Gasteiger partial charge in [-0.25, -0.2) is 0 Å². The fraction of sp³-hybridized carbons (Fsp3) is 0. The number of hydrazine groups is 6. The van der Waals surface area contributed by atoms with E-state index >= 15 is 0 Å². The fourth-order valence-corrected chi connectivity index (χ4v) is 0.908. The first-order chi connectivity index (χ1) is 6.88. The highest BCUT2D eigenvalue weighted by Crippen LogP contribution is 2.18. The Hall–Kier alpha value is -1.42. The van der Waals surface area contributed by atoms with Gasteiger partial charge in [0.05, 0.1) is 11.4 Å². The predicted octanol–water partition coefficient (Wildman–Crippen LogP) is -1.72. The summed E-state index contributed by atoms with van der Waals surface area (Å²) in [7, 11) is 0. The van der Waals surface area contributed by atoms with E-state index in [1.807, 2.05) is 24.3 Å². The van der Waals surface area contributed by atoms with Crippen LogP contribution in [0.15, 0.2) is 24.3 Å². The van der Waals surface area contributed by atoms with Crippen molar-refractivity contribution < 1.29 is 0 Å². The Bertz CT molecular complexity index is 237. The summed E-state index contributed by atoms with van der Waals surface area (Å²) in [6.07, 6.45) is 0. The van der Waals surface area contributed by atoms with Crippen LogP contribution in [0.1, 0.15) is 0 Å². The maximum absolute atomic E-state index is 5.03. The van der Waals surface area contributed by atoms with Crippen LogP contribution in [0.25, 0.3) is 0 Å². The number of rotatable bonds is 6. The van der Waals surface area contributed by atoms with Crippen molar-refractivity contribution in [2.24, 2.45) is 11.7 Å². The Labute approximate surface area is 81.2 Å². The van der Waals surface area contributed by atoms with Crippen molar-refractivity contribution in [2.45, 2.75) is 0 Å². The molecule has 0 unspecified atom stereocenters. The first-order valence-electron chi connectivity index (χ1n) is 3.90. The van der Waals surface area contributed by atoms with Gasteiger partial charge in [-0.15, -0.1) is 0 Å². The maximum Gasteiger partial charge on any atom is 0.0746 e. The van der Waals surface area contributed by atoms with Crippen LogP contribution in [0.2, 0.25) is 0 Å². The van der Waals surface area contributed by atoms with Crippen LogP contribution in [-0.4, -0.2) is 0 Å². The van der Waals surface area contributed by atoms with Gasteiger partial charge >= 0.3 is 0 Å². The zero-order chi connectivity index (χ0) is 10.2. The second-order valence-electron chi connectivity index (χ2n) is 2.33. The maximum atomic E-state index is 5.03. The van der Waals surface area contributed by atoms with Crippen LogP contribution < -0.4 is 44.7 Å². The standard InChI is InChI=1S/C6H14N8/c7-11-13-9-5-3-1-2-4-6(5)10-14-12-8/h1-4,9-14H,7-8H2. The van der Waals surface area contributed by atoms with Crippen LogP contribution in [0.3, 0.4) is 0 Å². The minimum atomic E-state index is 0.799. The fourth-order valence-electron chi connectivity index (χ4n) is 0.908. The minimum Gasteiger partial charge on any atom is -0.305 e. The van der Waals surface area contributed by atoms with Gasteiger partial charge in [-0.3, -0.25) is 11.7 Å². The molecule has 0 amide bonds. The van der Waals surface area contributed by atoms with E-state index in [4.69, 9.17) is 11.7 Å². The Balaban J connectivity index is 2.60. The number of nitrogens with one attached hydrogen (secondary N) is 6. The van der Waals surface area contributed by atoms with Crippen molar-refractivity contribution >= 4 is 11.4 Å². The Morgan fingerprint density at radius 3 is 1.57 bits per heavy atom. The summed E-state index contributed by atoms with van der Waals surface area (Å²) in [6.45, 7) is 0. The summed E-state index contributed by atoms with van der Waals surface area (Å²) in [4.78, 5) is 0. The number of hydrogen-bond donors (Lipinski definition) is 8. The van der Waals surface area contributed by atoms with Crippen molar-refractivity contribution in [1.29, 1.82) is 0 Å². The van der Waals surface area contributed by atoms with Crippen LogP contribution >= 0.6 is 0 Å². The molecular formula is C6H14N8. The molecule has 78 valence electrons. The molecule has 0 aromatic heterocycles.